The van der Waals surface area contributed by atoms with Gasteiger partial charge in [0.15, 0.2) is 17.9 Å². The summed E-state index contributed by atoms with van der Waals surface area (Å²) < 4.78 is 41.6. The lowest BCUT2D eigenvalue weighted by molar-refractivity contribution is -0.242. The smallest absolute Gasteiger partial charge is 0.408 e. The first kappa shape index (κ1) is 28.6. The standard InChI is InChI=1S/C31H36N2O9/c1-30(2)39-24-23(38-28-26(25(24)40-30)41-31(3,4)42-28)17-36-27(34)22(14-19-15-32-21-13-9-8-12-20(19)21)33-29(35)37-16-18-10-6-5-7-11-18/h5-13,15,22-26,28,32H,14,16-17H2,1-4H3,(H,33,35)/t22-,23?,24?,25?,26?,28?/m0/s1. The first-order valence-electron chi connectivity index (χ1n) is 14.1. The van der Waals surface area contributed by atoms with E-state index in [-0.39, 0.29) is 19.6 Å². The van der Waals surface area contributed by atoms with Gasteiger partial charge in [0.2, 0.25) is 0 Å². The lowest BCUT2D eigenvalue weighted by atomic mass is 9.99. The maximum atomic E-state index is 13.5. The van der Waals surface area contributed by atoms with Gasteiger partial charge in [0.1, 0.15) is 43.7 Å². The van der Waals surface area contributed by atoms with Crippen LogP contribution < -0.4 is 5.32 Å². The maximum Gasteiger partial charge on any atom is 0.408 e. The summed E-state index contributed by atoms with van der Waals surface area (Å²) in [5.74, 6) is -2.38. The molecule has 3 saturated heterocycles. The monoisotopic (exact) mass is 580 g/mol. The highest BCUT2D eigenvalue weighted by Gasteiger charge is 2.60. The molecule has 3 aromatic rings. The minimum atomic E-state index is -1.03. The maximum absolute atomic E-state index is 13.5. The number of nitrogens with one attached hydrogen (secondary N) is 2. The largest absolute Gasteiger partial charge is 0.461 e. The van der Waals surface area contributed by atoms with Crippen molar-refractivity contribution in [2.45, 2.75) is 89.0 Å². The van der Waals surface area contributed by atoms with Crippen molar-refractivity contribution in [2.24, 2.45) is 0 Å². The van der Waals surface area contributed by atoms with Crippen LogP contribution in [0.5, 0.6) is 0 Å². The van der Waals surface area contributed by atoms with Crippen LogP contribution in [-0.4, -0.2) is 72.0 Å². The molecule has 3 aliphatic rings. The van der Waals surface area contributed by atoms with Crippen LogP contribution in [0, 0.1) is 0 Å². The third-order valence-corrected chi connectivity index (χ3v) is 7.53. The molecule has 3 aliphatic heterocycles. The summed E-state index contributed by atoms with van der Waals surface area (Å²) in [6.07, 6.45) is -1.64. The topological polar surface area (TPSA) is 127 Å². The second kappa shape index (κ2) is 11.3. The summed E-state index contributed by atoms with van der Waals surface area (Å²) >= 11 is 0. The lowest BCUT2D eigenvalue weighted by Gasteiger charge is -2.37. The van der Waals surface area contributed by atoms with E-state index < -0.39 is 60.4 Å². The number of H-pyrrole nitrogens is 1. The van der Waals surface area contributed by atoms with Gasteiger partial charge in [-0.05, 0) is 44.9 Å². The van der Waals surface area contributed by atoms with Crippen LogP contribution in [0.1, 0.15) is 38.8 Å². The van der Waals surface area contributed by atoms with Gasteiger partial charge in [0, 0.05) is 23.5 Å². The number of ether oxygens (including phenoxy) is 7. The number of hydrogen-bond donors (Lipinski definition) is 2. The van der Waals surface area contributed by atoms with E-state index in [0.29, 0.717) is 0 Å². The van der Waals surface area contributed by atoms with Gasteiger partial charge in [-0.2, -0.15) is 0 Å². The first-order valence-corrected chi connectivity index (χ1v) is 14.1. The number of benzene rings is 2. The zero-order valence-corrected chi connectivity index (χ0v) is 24.0. The van der Waals surface area contributed by atoms with Gasteiger partial charge in [-0.15, -0.1) is 0 Å². The Bertz CT molecular complexity index is 1420. The number of esters is 1. The Morgan fingerprint density at radius 2 is 1.57 bits per heavy atom. The summed E-state index contributed by atoms with van der Waals surface area (Å²) in [5.41, 5.74) is 2.60. The molecule has 42 heavy (non-hydrogen) atoms. The highest BCUT2D eigenvalue weighted by molar-refractivity contribution is 5.86. The van der Waals surface area contributed by atoms with Crippen LogP contribution in [0.4, 0.5) is 4.79 Å². The molecule has 0 radical (unpaired) electrons. The zero-order chi connectivity index (χ0) is 29.5. The molecule has 5 unspecified atom stereocenters. The van der Waals surface area contributed by atoms with E-state index in [1.165, 1.54) is 0 Å². The number of aromatic nitrogens is 1. The van der Waals surface area contributed by atoms with Gasteiger partial charge >= 0.3 is 12.1 Å². The van der Waals surface area contributed by atoms with E-state index in [2.05, 4.69) is 10.3 Å². The molecule has 224 valence electrons. The van der Waals surface area contributed by atoms with Crippen LogP contribution in [0.25, 0.3) is 10.9 Å². The average molecular weight is 581 g/mol. The van der Waals surface area contributed by atoms with E-state index in [1.807, 2.05) is 74.6 Å². The van der Waals surface area contributed by atoms with Crippen molar-refractivity contribution in [3.8, 4) is 0 Å². The third kappa shape index (κ3) is 6.16. The molecule has 6 atom stereocenters. The van der Waals surface area contributed by atoms with Gasteiger partial charge in [0.25, 0.3) is 0 Å². The summed E-state index contributed by atoms with van der Waals surface area (Å²) in [4.78, 5) is 29.5. The molecule has 1 aromatic heterocycles. The zero-order valence-electron chi connectivity index (χ0n) is 24.0. The quantitative estimate of drug-likeness (QED) is 0.381. The molecule has 2 N–H and O–H groups in total. The predicted molar refractivity (Wildman–Crippen MR) is 149 cm³/mol. The molecule has 3 fully saturated rings. The van der Waals surface area contributed by atoms with Gasteiger partial charge in [-0.25, -0.2) is 9.59 Å². The molecule has 0 spiro atoms. The van der Waals surface area contributed by atoms with Crippen molar-refractivity contribution in [1.82, 2.24) is 10.3 Å². The lowest BCUT2D eigenvalue weighted by Crippen LogP contribution is -2.56. The van der Waals surface area contributed by atoms with E-state index in [0.717, 1.165) is 22.0 Å². The van der Waals surface area contributed by atoms with Crippen molar-refractivity contribution in [3.05, 3.63) is 71.9 Å². The molecular weight excluding hydrogens is 544 g/mol. The van der Waals surface area contributed by atoms with Crippen molar-refractivity contribution < 1.29 is 42.7 Å². The Balaban J connectivity index is 1.16. The van der Waals surface area contributed by atoms with Crippen LogP contribution in [-0.2, 0) is 51.0 Å². The number of rotatable bonds is 8. The highest BCUT2D eigenvalue weighted by atomic mass is 16.9. The Labute approximate surface area is 243 Å². The third-order valence-electron chi connectivity index (χ3n) is 7.53. The Hall–Kier alpha value is -3.48. The fourth-order valence-corrected chi connectivity index (χ4v) is 5.71. The first-order chi connectivity index (χ1) is 20.1. The Morgan fingerprint density at radius 1 is 0.881 bits per heavy atom. The second-order valence-corrected chi connectivity index (χ2v) is 11.7. The molecule has 2 aromatic carbocycles. The number of para-hydroxylation sites is 1. The normalized spacial score (nSPS) is 28.0. The number of amides is 1. The number of hydrogen-bond acceptors (Lipinski definition) is 9. The fourth-order valence-electron chi connectivity index (χ4n) is 5.71. The SMILES string of the molecule is CC1(C)OC2OC(COC(=O)[C@H](Cc3c[nH]c4ccccc34)NC(=O)OCc3ccccc3)C3OC(C)(C)OC3C2O1. The molecule has 11 nitrogen and oxygen atoms in total. The van der Waals surface area contributed by atoms with Gasteiger partial charge < -0.3 is 43.5 Å². The van der Waals surface area contributed by atoms with Gasteiger partial charge in [-0.1, -0.05) is 48.5 Å². The van der Waals surface area contributed by atoms with Crippen LogP contribution in [0.2, 0.25) is 0 Å². The number of carbonyl (C=O) groups is 2. The number of carbonyl (C=O) groups excluding carboxylic acids is 2. The minimum absolute atomic E-state index is 0.0641. The van der Waals surface area contributed by atoms with Crippen molar-refractivity contribution in [3.63, 3.8) is 0 Å². The molecule has 0 aliphatic carbocycles. The van der Waals surface area contributed by atoms with Gasteiger partial charge in [-0.3, -0.25) is 0 Å². The molecular formula is C31H36N2O9. The number of alkyl carbamates (subject to hydrolysis) is 1. The number of fused-ring (bicyclic) bond motifs is 4. The van der Waals surface area contributed by atoms with Crippen LogP contribution in [0.15, 0.2) is 60.8 Å². The van der Waals surface area contributed by atoms with E-state index in [4.69, 9.17) is 33.2 Å². The van der Waals surface area contributed by atoms with E-state index in [9.17, 15) is 9.59 Å². The highest BCUT2D eigenvalue weighted by Crippen LogP contribution is 2.44. The summed E-state index contributed by atoms with van der Waals surface area (Å²) in [6.45, 7) is 7.15. The average Bonchev–Trinajstić information content (AvgIpc) is 3.61. The molecule has 4 heterocycles. The molecule has 0 bridgehead atoms. The van der Waals surface area contributed by atoms with Crippen molar-refractivity contribution in [1.29, 1.82) is 0 Å². The number of aromatic amines is 1. The molecule has 11 heteroatoms. The van der Waals surface area contributed by atoms with Crippen LogP contribution >= 0.6 is 0 Å². The van der Waals surface area contributed by atoms with E-state index in [1.54, 1.807) is 13.8 Å². The fraction of sp³-hybridized carbons (Fsp3) is 0.484. The van der Waals surface area contributed by atoms with E-state index >= 15 is 0 Å². The molecule has 1 amide bonds. The molecule has 0 saturated carbocycles. The Morgan fingerprint density at radius 3 is 2.38 bits per heavy atom. The Kier molecular flexibility index (Phi) is 7.71. The van der Waals surface area contributed by atoms with Gasteiger partial charge in [0.05, 0.1) is 0 Å². The van der Waals surface area contributed by atoms with Crippen LogP contribution in [0.3, 0.4) is 0 Å². The summed E-state index contributed by atoms with van der Waals surface area (Å²) in [7, 11) is 0. The van der Waals surface area contributed by atoms with Crippen molar-refractivity contribution >= 4 is 23.0 Å². The predicted octanol–water partition coefficient (Wildman–Crippen LogP) is 3.95. The van der Waals surface area contributed by atoms with Crippen molar-refractivity contribution in [2.75, 3.05) is 6.61 Å². The molecule has 6 rings (SSSR count). The summed E-state index contributed by atoms with van der Waals surface area (Å²) in [6, 6.07) is 16.0. The minimum Gasteiger partial charge on any atom is -0.461 e. The second-order valence-electron chi connectivity index (χ2n) is 11.7. The summed E-state index contributed by atoms with van der Waals surface area (Å²) in [5, 5.41) is 3.64.